The van der Waals surface area contributed by atoms with E-state index in [1.54, 1.807) is 0 Å². The molecule has 0 saturated heterocycles. The predicted octanol–water partition coefficient (Wildman–Crippen LogP) is 6.68. The van der Waals surface area contributed by atoms with E-state index in [1.807, 2.05) is 54.6 Å². The van der Waals surface area contributed by atoms with Gasteiger partial charge in [-0.25, -0.2) is 4.98 Å². The zero-order chi connectivity index (χ0) is 19.6. The van der Waals surface area contributed by atoms with Crippen molar-refractivity contribution in [2.24, 2.45) is 0 Å². The minimum absolute atomic E-state index is 0.185. The van der Waals surface area contributed by atoms with E-state index in [2.05, 4.69) is 52.4 Å². The summed E-state index contributed by atoms with van der Waals surface area (Å²) in [5.74, 6) is 1.14. The predicted molar refractivity (Wildman–Crippen MR) is 119 cm³/mol. The maximum atomic E-state index is 6.27. The third-order valence-electron chi connectivity index (χ3n) is 4.89. The van der Waals surface area contributed by atoms with Crippen LogP contribution in [0.1, 0.15) is 0 Å². The summed E-state index contributed by atoms with van der Waals surface area (Å²) in [5, 5.41) is 2.41. The molecular formula is C25H16ClN3. The van der Waals surface area contributed by atoms with Gasteiger partial charge in [-0.15, -0.1) is 0 Å². The number of fused-ring (bicyclic) bond motifs is 1. The first kappa shape index (κ1) is 17.5. The Labute approximate surface area is 173 Å². The quantitative estimate of drug-likeness (QED) is 0.343. The van der Waals surface area contributed by atoms with Crippen LogP contribution in [0.2, 0.25) is 5.28 Å². The van der Waals surface area contributed by atoms with Crippen molar-refractivity contribution >= 4 is 22.4 Å². The van der Waals surface area contributed by atoms with E-state index in [0.717, 1.165) is 27.5 Å². The van der Waals surface area contributed by atoms with Crippen LogP contribution in [0.25, 0.3) is 44.7 Å². The summed E-state index contributed by atoms with van der Waals surface area (Å²) in [6.45, 7) is 0. The Morgan fingerprint density at radius 2 is 1.10 bits per heavy atom. The molecule has 3 nitrogen and oxygen atoms in total. The molecule has 0 unspecified atom stereocenters. The first-order valence-electron chi connectivity index (χ1n) is 9.33. The first-order chi connectivity index (χ1) is 14.3. The van der Waals surface area contributed by atoms with Gasteiger partial charge in [-0.2, -0.15) is 9.97 Å². The number of hydrogen-bond acceptors (Lipinski definition) is 3. The van der Waals surface area contributed by atoms with Crippen molar-refractivity contribution in [1.82, 2.24) is 15.0 Å². The molecular weight excluding hydrogens is 378 g/mol. The molecule has 1 heterocycles. The zero-order valence-electron chi connectivity index (χ0n) is 15.5. The zero-order valence-corrected chi connectivity index (χ0v) is 16.2. The maximum absolute atomic E-state index is 6.27. The average Bonchev–Trinajstić information content (AvgIpc) is 2.79. The number of halogens is 1. The van der Waals surface area contributed by atoms with Gasteiger partial charge in [0.25, 0.3) is 0 Å². The van der Waals surface area contributed by atoms with Crippen LogP contribution in [0.3, 0.4) is 0 Å². The van der Waals surface area contributed by atoms with Crippen LogP contribution in [0, 0.1) is 0 Å². The molecule has 0 aliphatic rings. The van der Waals surface area contributed by atoms with Gasteiger partial charge in [0.05, 0.1) is 0 Å². The molecule has 0 bridgehead atoms. The highest BCUT2D eigenvalue weighted by Gasteiger charge is 2.12. The van der Waals surface area contributed by atoms with Gasteiger partial charge in [-0.05, 0) is 33.5 Å². The van der Waals surface area contributed by atoms with E-state index in [0.29, 0.717) is 11.6 Å². The second kappa shape index (κ2) is 7.46. The fraction of sp³-hybridized carbons (Fsp3) is 0. The number of benzene rings is 4. The molecule has 0 N–H and O–H groups in total. The van der Waals surface area contributed by atoms with Gasteiger partial charge < -0.3 is 0 Å². The molecule has 0 aliphatic heterocycles. The maximum Gasteiger partial charge on any atom is 0.226 e. The summed E-state index contributed by atoms with van der Waals surface area (Å²) >= 11 is 6.27. The summed E-state index contributed by atoms with van der Waals surface area (Å²) in [4.78, 5) is 13.5. The Kier molecular flexibility index (Phi) is 4.51. The van der Waals surface area contributed by atoms with E-state index in [1.165, 1.54) is 5.56 Å². The Bertz CT molecular complexity index is 1290. The number of rotatable bonds is 3. The molecule has 138 valence electrons. The van der Waals surface area contributed by atoms with Crippen LogP contribution < -0.4 is 0 Å². The minimum Gasteiger partial charge on any atom is -0.208 e. The van der Waals surface area contributed by atoms with Crippen LogP contribution in [-0.4, -0.2) is 15.0 Å². The van der Waals surface area contributed by atoms with Crippen molar-refractivity contribution in [2.45, 2.75) is 0 Å². The summed E-state index contributed by atoms with van der Waals surface area (Å²) < 4.78 is 0. The normalized spacial score (nSPS) is 10.9. The summed E-state index contributed by atoms with van der Waals surface area (Å²) in [6.07, 6.45) is 0. The van der Waals surface area contributed by atoms with Gasteiger partial charge >= 0.3 is 0 Å². The van der Waals surface area contributed by atoms with E-state index in [-0.39, 0.29) is 5.28 Å². The van der Waals surface area contributed by atoms with Gasteiger partial charge in [-0.1, -0.05) is 97.1 Å². The van der Waals surface area contributed by atoms with E-state index in [4.69, 9.17) is 16.6 Å². The van der Waals surface area contributed by atoms with Gasteiger partial charge in [0.2, 0.25) is 5.28 Å². The molecule has 0 atom stereocenters. The molecule has 0 spiro atoms. The highest BCUT2D eigenvalue weighted by atomic mass is 35.5. The SMILES string of the molecule is Clc1nc(-c2ccc(-c3ccccc3)cc2)nc(-c2cccc3ccccc23)n1. The van der Waals surface area contributed by atoms with Crippen LogP contribution >= 0.6 is 11.6 Å². The van der Waals surface area contributed by atoms with Crippen LogP contribution in [0.5, 0.6) is 0 Å². The Hall–Kier alpha value is -3.56. The van der Waals surface area contributed by atoms with Crippen molar-refractivity contribution in [3.63, 3.8) is 0 Å². The molecule has 0 saturated carbocycles. The standard InChI is InChI=1S/C25H16ClN3/c26-25-28-23(20-15-13-18(14-16-20)17-7-2-1-3-8-17)27-24(29-25)22-12-6-10-19-9-4-5-11-21(19)22/h1-16H. The van der Waals surface area contributed by atoms with Gasteiger partial charge in [0.15, 0.2) is 11.6 Å². The minimum atomic E-state index is 0.185. The van der Waals surface area contributed by atoms with Crippen molar-refractivity contribution in [2.75, 3.05) is 0 Å². The second-order valence-corrected chi connectivity index (χ2v) is 7.06. The molecule has 0 radical (unpaired) electrons. The molecule has 0 fully saturated rings. The third-order valence-corrected chi connectivity index (χ3v) is 5.06. The van der Waals surface area contributed by atoms with E-state index in [9.17, 15) is 0 Å². The fourth-order valence-corrected chi connectivity index (χ4v) is 3.62. The Morgan fingerprint density at radius 3 is 1.93 bits per heavy atom. The highest BCUT2D eigenvalue weighted by Crippen LogP contribution is 2.29. The lowest BCUT2D eigenvalue weighted by molar-refractivity contribution is 1.07. The molecule has 4 aromatic carbocycles. The smallest absolute Gasteiger partial charge is 0.208 e. The lowest BCUT2D eigenvalue weighted by Crippen LogP contribution is -1.97. The van der Waals surface area contributed by atoms with Crippen molar-refractivity contribution in [3.8, 4) is 33.9 Å². The molecule has 4 heteroatoms. The largest absolute Gasteiger partial charge is 0.226 e. The van der Waals surface area contributed by atoms with Crippen LogP contribution in [0.15, 0.2) is 97.1 Å². The number of hydrogen-bond donors (Lipinski definition) is 0. The third kappa shape index (κ3) is 3.48. The number of aromatic nitrogens is 3. The van der Waals surface area contributed by atoms with Crippen molar-refractivity contribution < 1.29 is 0 Å². The van der Waals surface area contributed by atoms with Gasteiger partial charge in [0.1, 0.15) is 0 Å². The Morgan fingerprint density at radius 1 is 0.483 bits per heavy atom. The van der Waals surface area contributed by atoms with Crippen molar-refractivity contribution in [1.29, 1.82) is 0 Å². The van der Waals surface area contributed by atoms with Crippen LogP contribution in [0.4, 0.5) is 0 Å². The molecule has 0 aliphatic carbocycles. The van der Waals surface area contributed by atoms with E-state index < -0.39 is 0 Å². The molecule has 5 rings (SSSR count). The van der Waals surface area contributed by atoms with Gasteiger partial charge in [-0.3, -0.25) is 0 Å². The summed E-state index contributed by atoms with van der Waals surface area (Å²) in [7, 11) is 0. The highest BCUT2D eigenvalue weighted by molar-refractivity contribution is 6.28. The second-order valence-electron chi connectivity index (χ2n) is 6.72. The lowest BCUT2D eigenvalue weighted by Gasteiger charge is -2.08. The molecule has 1 aromatic heterocycles. The molecule has 5 aromatic rings. The lowest BCUT2D eigenvalue weighted by atomic mass is 10.0. The summed E-state index contributed by atoms with van der Waals surface area (Å²) in [6, 6.07) is 32.7. The topological polar surface area (TPSA) is 38.7 Å². The summed E-state index contributed by atoms with van der Waals surface area (Å²) in [5.41, 5.74) is 4.15. The van der Waals surface area contributed by atoms with Crippen molar-refractivity contribution in [3.05, 3.63) is 102 Å². The van der Waals surface area contributed by atoms with Gasteiger partial charge in [0, 0.05) is 11.1 Å². The van der Waals surface area contributed by atoms with E-state index >= 15 is 0 Å². The molecule has 0 amide bonds. The van der Waals surface area contributed by atoms with Crippen LogP contribution in [-0.2, 0) is 0 Å². The first-order valence-corrected chi connectivity index (χ1v) is 9.71. The monoisotopic (exact) mass is 393 g/mol. The molecule has 29 heavy (non-hydrogen) atoms. The Balaban J connectivity index is 1.58. The average molecular weight is 394 g/mol. The number of nitrogens with zero attached hydrogens (tertiary/aromatic N) is 3. The fourth-order valence-electron chi connectivity index (χ4n) is 3.46.